The van der Waals surface area contributed by atoms with E-state index in [1.165, 1.54) is 20.8 Å². The first-order valence-electron chi connectivity index (χ1n) is 4.58. The van der Waals surface area contributed by atoms with Gasteiger partial charge in [-0.25, -0.2) is 0 Å². The first-order valence-corrected chi connectivity index (χ1v) is 4.58. The molecule has 1 aromatic heterocycles. The zero-order valence-corrected chi connectivity index (χ0v) is 9.24. The molecule has 0 spiro atoms. The van der Waals surface area contributed by atoms with Crippen molar-refractivity contribution in [2.24, 2.45) is 0 Å². The summed E-state index contributed by atoms with van der Waals surface area (Å²) in [5, 5.41) is 2.99. The summed E-state index contributed by atoms with van der Waals surface area (Å²) < 4.78 is 75.2. The van der Waals surface area contributed by atoms with Crippen molar-refractivity contribution in [3.05, 3.63) is 17.5 Å². The summed E-state index contributed by atoms with van der Waals surface area (Å²) in [6.07, 6.45) is -9.82. The van der Waals surface area contributed by atoms with Gasteiger partial charge in [-0.2, -0.15) is 31.4 Å². The van der Waals surface area contributed by atoms with Crippen molar-refractivity contribution in [3.8, 4) is 0 Å². The van der Waals surface area contributed by atoms with Gasteiger partial charge in [-0.1, -0.05) is 0 Å². The fourth-order valence-electron chi connectivity index (χ4n) is 1.13. The van der Waals surface area contributed by atoms with E-state index in [-0.39, 0.29) is 0 Å². The monoisotopic (exact) mass is 260 g/mol. The van der Waals surface area contributed by atoms with Gasteiger partial charge in [-0.3, -0.25) is 4.68 Å². The van der Waals surface area contributed by atoms with Gasteiger partial charge in [0, 0.05) is 6.20 Å². The van der Waals surface area contributed by atoms with E-state index < -0.39 is 29.1 Å². The summed E-state index contributed by atoms with van der Waals surface area (Å²) in [5.74, 6) is 0. The second kappa shape index (κ2) is 3.64. The highest BCUT2D eigenvalue weighted by molar-refractivity contribution is 5.23. The van der Waals surface area contributed by atoms with Gasteiger partial charge in [-0.05, 0) is 20.8 Å². The molecular formula is C9H10F6N2. The van der Waals surface area contributed by atoms with Crippen LogP contribution in [0.25, 0.3) is 0 Å². The minimum Gasteiger partial charge on any atom is -0.266 e. The van der Waals surface area contributed by atoms with Crippen LogP contribution < -0.4 is 0 Å². The molecule has 1 aromatic rings. The SMILES string of the molecule is CC(C)(C)n1cc(C(F)(F)F)c(C(F)(F)F)n1. The molecule has 1 rings (SSSR count). The van der Waals surface area contributed by atoms with Gasteiger partial charge in [0.1, 0.15) is 5.56 Å². The van der Waals surface area contributed by atoms with Crippen LogP contribution in [-0.2, 0) is 17.9 Å². The third kappa shape index (κ3) is 2.92. The molecule has 0 fully saturated rings. The molecule has 0 aromatic carbocycles. The molecule has 0 aliphatic heterocycles. The van der Waals surface area contributed by atoms with Crippen molar-refractivity contribution in [2.45, 2.75) is 38.7 Å². The van der Waals surface area contributed by atoms with E-state index in [1.54, 1.807) is 0 Å². The van der Waals surface area contributed by atoms with E-state index >= 15 is 0 Å². The van der Waals surface area contributed by atoms with Crippen molar-refractivity contribution < 1.29 is 26.3 Å². The molecular weight excluding hydrogens is 250 g/mol. The molecule has 2 nitrogen and oxygen atoms in total. The predicted molar refractivity (Wildman–Crippen MR) is 47.2 cm³/mol. The van der Waals surface area contributed by atoms with Crippen molar-refractivity contribution in [1.82, 2.24) is 9.78 Å². The Hall–Kier alpha value is -1.21. The highest BCUT2D eigenvalue weighted by Crippen LogP contribution is 2.40. The summed E-state index contributed by atoms with van der Waals surface area (Å²) in [4.78, 5) is 0. The molecule has 0 unspecified atom stereocenters. The summed E-state index contributed by atoms with van der Waals surface area (Å²) in [5.41, 5.74) is -4.62. The molecule has 8 heteroatoms. The van der Waals surface area contributed by atoms with Crippen LogP contribution in [0.1, 0.15) is 32.0 Å². The van der Waals surface area contributed by atoms with Gasteiger partial charge in [0.05, 0.1) is 5.54 Å². The number of aromatic nitrogens is 2. The number of alkyl halides is 6. The fraction of sp³-hybridized carbons (Fsp3) is 0.667. The number of rotatable bonds is 0. The van der Waals surface area contributed by atoms with E-state index in [4.69, 9.17) is 0 Å². The quantitative estimate of drug-likeness (QED) is 0.651. The Bertz CT molecular complexity index is 375. The largest absolute Gasteiger partial charge is 0.435 e. The van der Waals surface area contributed by atoms with Crippen molar-refractivity contribution in [2.75, 3.05) is 0 Å². The van der Waals surface area contributed by atoms with Crippen LogP contribution in [0, 0.1) is 0 Å². The predicted octanol–water partition coefficient (Wildman–Crippen LogP) is 3.68. The molecule has 0 saturated heterocycles. The average molecular weight is 260 g/mol. The van der Waals surface area contributed by atoms with Gasteiger partial charge in [0.2, 0.25) is 0 Å². The molecule has 0 aliphatic carbocycles. The van der Waals surface area contributed by atoms with Crippen LogP contribution in [0.4, 0.5) is 26.3 Å². The molecule has 0 bridgehead atoms. The Labute approximate surface area is 93.2 Å². The fourth-order valence-corrected chi connectivity index (χ4v) is 1.13. The topological polar surface area (TPSA) is 17.8 Å². The lowest BCUT2D eigenvalue weighted by Gasteiger charge is -2.18. The molecule has 0 aliphatic rings. The van der Waals surface area contributed by atoms with Gasteiger partial charge >= 0.3 is 12.4 Å². The Morgan fingerprint density at radius 2 is 1.41 bits per heavy atom. The Morgan fingerprint density at radius 3 is 1.65 bits per heavy atom. The van der Waals surface area contributed by atoms with Gasteiger partial charge in [0.25, 0.3) is 0 Å². The highest BCUT2D eigenvalue weighted by Gasteiger charge is 2.47. The molecule has 0 atom stereocenters. The normalized spacial score (nSPS) is 14.2. The Morgan fingerprint density at radius 1 is 0.941 bits per heavy atom. The van der Waals surface area contributed by atoms with E-state index in [0.717, 1.165) is 0 Å². The first kappa shape index (κ1) is 13.9. The minimum absolute atomic E-state index is 0.378. The average Bonchev–Trinajstić information content (AvgIpc) is 2.42. The van der Waals surface area contributed by atoms with Gasteiger partial charge < -0.3 is 0 Å². The maximum absolute atomic E-state index is 12.4. The van der Waals surface area contributed by atoms with E-state index in [0.29, 0.717) is 10.9 Å². The second-order valence-corrected chi connectivity index (χ2v) is 4.50. The number of hydrogen-bond donors (Lipinski definition) is 0. The zero-order valence-electron chi connectivity index (χ0n) is 9.24. The van der Waals surface area contributed by atoms with Crippen LogP contribution >= 0.6 is 0 Å². The van der Waals surface area contributed by atoms with Crippen LogP contribution in [0.2, 0.25) is 0 Å². The summed E-state index contributed by atoms with van der Waals surface area (Å²) in [6.45, 7) is 4.38. The lowest BCUT2D eigenvalue weighted by atomic mass is 10.1. The minimum atomic E-state index is -5.12. The van der Waals surface area contributed by atoms with Gasteiger partial charge in [-0.15, -0.1) is 0 Å². The lowest BCUT2D eigenvalue weighted by molar-refractivity contribution is -0.163. The van der Waals surface area contributed by atoms with E-state index in [1.807, 2.05) is 0 Å². The molecule has 0 radical (unpaired) electrons. The Kier molecular flexibility index (Phi) is 2.97. The second-order valence-electron chi connectivity index (χ2n) is 4.50. The van der Waals surface area contributed by atoms with Crippen LogP contribution in [-0.4, -0.2) is 9.78 Å². The molecule has 0 N–H and O–H groups in total. The highest BCUT2D eigenvalue weighted by atomic mass is 19.4. The Balaban J connectivity index is 3.44. The first-order chi connectivity index (χ1) is 7.33. The van der Waals surface area contributed by atoms with Crippen molar-refractivity contribution in [3.63, 3.8) is 0 Å². The maximum Gasteiger partial charge on any atom is 0.435 e. The van der Waals surface area contributed by atoms with Crippen LogP contribution in [0.5, 0.6) is 0 Å². The summed E-state index contributed by atoms with van der Waals surface area (Å²) in [6, 6.07) is 0. The lowest BCUT2D eigenvalue weighted by Crippen LogP contribution is -2.23. The smallest absolute Gasteiger partial charge is 0.266 e. The number of hydrogen-bond acceptors (Lipinski definition) is 1. The van der Waals surface area contributed by atoms with Gasteiger partial charge in [0.15, 0.2) is 5.69 Å². The standard InChI is InChI=1S/C9H10F6N2/c1-7(2,3)17-4-5(8(10,11)12)6(16-17)9(13,14)15/h4H,1-3H3. The number of nitrogens with zero attached hydrogens (tertiary/aromatic N) is 2. The zero-order chi connectivity index (χ0) is 13.6. The van der Waals surface area contributed by atoms with Crippen molar-refractivity contribution >= 4 is 0 Å². The molecule has 17 heavy (non-hydrogen) atoms. The maximum atomic E-state index is 12.4. The number of halogens is 6. The summed E-state index contributed by atoms with van der Waals surface area (Å²) in [7, 11) is 0. The molecule has 0 saturated carbocycles. The van der Waals surface area contributed by atoms with E-state index in [9.17, 15) is 26.3 Å². The van der Waals surface area contributed by atoms with Crippen LogP contribution in [0.3, 0.4) is 0 Å². The molecule has 1 heterocycles. The van der Waals surface area contributed by atoms with E-state index in [2.05, 4.69) is 5.10 Å². The third-order valence-corrected chi connectivity index (χ3v) is 1.98. The molecule has 0 amide bonds. The van der Waals surface area contributed by atoms with Crippen molar-refractivity contribution in [1.29, 1.82) is 0 Å². The third-order valence-electron chi connectivity index (χ3n) is 1.98. The molecule has 98 valence electrons. The summed E-state index contributed by atoms with van der Waals surface area (Å²) >= 11 is 0. The van der Waals surface area contributed by atoms with Crippen LogP contribution in [0.15, 0.2) is 6.20 Å².